The fourth-order valence-corrected chi connectivity index (χ4v) is 3.64. The first-order valence-corrected chi connectivity index (χ1v) is 12.1. The van der Waals surface area contributed by atoms with Gasteiger partial charge in [0.1, 0.15) is 6.61 Å². The summed E-state index contributed by atoms with van der Waals surface area (Å²) in [7, 11) is 0. The highest BCUT2D eigenvalue weighted by Gasteiger charge is 2.15. The quantitative estimate of drug-likeness (QED) is 0.116. The van der Waals surface area contributed by atoms with Crippen LogP contribution in [0, 0.1) is 11.5 Å². The number of nitrogens with zero attached hydrogens (tertiary/aromatic N) is 6. The highest BCUT2D eigenvalue weighted by molar-refractivity contribution is 5.32. The molecule has 1 aromatic rings. The number of unbranched alkanes of at least 4 members (excludes halogenated alkanes) is 8. The highest BCUT2D eigenvalue weighted by Crippen LogP contribution is 2.03. The van der Waals surface area contributed by atoms with Crippen LogP contribution in [0.4, 0.5) is 0 Å². The molecule has 0 aromatic carbocycles. The van der Waals surface area contributed by atoms with Crippen LogP contribution in [-0.4, -0.2) is 45.6 Å². The Morgan fingerprint density at radius 3 is 1.37 bits per heavy atom. The molecule has 0 aliphatic heterocycles. The standard InChI is InChI=1S/C23H34N6O6/c24-18-35-17-11-4-3-9-15-28-21(32)27(14-8-2-1-6-12-25-19-30)22(33)29(23(28)34)16-10-5-7-13-26-20-31/h1-17H2. The van der Waals surface area contributed by atoms with Crippen molar-refractivity contribution in [2.75, 3.05) is 19.7 Å². The van der Waals surface area contributed by atoms with E-state index in [1.807, 2.05) is 0 Å². The van der Waals surface area contributed by atoms with E-state index in [0.29, 0.717) is 58.2 Å². The largest absolute Gasteiger partial charge is 0.428 e. The molecule has 192 valence electrons. The zero-order valence-electron chi connectivity index (χ0n) is 20.2. The second kappa shape index (κ2) is 18.8. The first-order valence-electron chi connectivity index (χ1n) is 12.1. The Labute approximate surface area is 203 Å². The number of aliphatic imine (C=N–C) groups is 2. The Bertz CT molecular complexity index is 1070. The fraction of sp³-hybridized carbons (Fsp3) is 0.739. The van der Waals surface area contributed by atoms with Crippen molar-refractivity contribution in [3.05, 3.63) is 31.5 Å². The van der Waals surface area contributed by atoms with Crippen molar-refractivity contribution in [1.29, 1.82) is 5.26 Å². The van der Waals surface area contributed by atoms with Gasteiger partial charge >= 0.3 is 17.1 Å². The molecule has 1 heterocycles. The van der Waals surface area contributed by atoms with E-state index in [0.717, 1.165) is 45.8 Å². The lowest BCUT2D eigenvalue weighted by Crippen LogP contribution is -2.54. The summed E-state index contributed by atoms with van der Waals surface area (Å²) in [5.41, 5.74) is -1.82. The molecule has 0 unspecified atom stereocenters. The third kappa shape index (κ3) is 11.4. The van der Waals surface area contributed by atoms with Gasteiger partial charge in [0.05, 0.1) is 13.1 Å². The molecule has 0 fully saturated rings. The molecule has 12 nitrogen and oxygen atoms in total. The van der Waals surface area contributed by atoms with Gasteiger partial charge in [-0.3, -0.25) is 0 Å². The fourth-order valence-electron chi connectivity index (χ4n) is 3.64. The van der Waals surface area contributed by atoms with Crippen LogP contribution in [0.15, 0.2) is 24.4 Å². The van der Waals surface area contributed by atoms with E-state index in [-0.39, 0.29) is 19.6 Å². The minimum absolute atomic E-state index is 0.179. The van der Waals surface area contributed by atoms with E-state index in [4.69, 9.17) is 5.26 Å². The summed E-state index contributed by atoms with van der Waals surface area (Å²) in [4.78, 5) is 66.1. The number of hydrogen-bond acceptors (Lipinski definition) is 9. The van der Waals surface area contributed by atoms with Crippen LogP contribution in [0.1, 0.15) is 70.6 Å². The molecule has 0 atom stereocenters. The molecular weight excluding hydrogens is 456 g/mol. The lowest BCUT2D eigenvalue weighted by molar-refractivity contribution is 0.259. The number of carbonyl (C=O) groups excluding carboxylic acids is 2. The summed E-state index contributed by atoms with van der Waals surface area (Å²) in [6.45, 7) is 1.68. The summed E-state index contributed by atoms with van der Waals surface area (Å²) < 4.78 is 8.01. The van der Waals surface area contributed by atoms with Crippen LogP contribution in [-0.2, 0) is 34.0 Å². The molecule has 0 spiro atoms. The maximum atomic E-state index is 13.0. The number of hydrogen-bond donors (Lipinski definition) is 0. The van der Waals surface area contributed by atoms with Gasteiger partial charge in [-0.25, -0.2) is 47.7 Å². The van der Waals surface area contributed by atoms with Gasteiger partial charge in [0.15, 0.2) is 0 Å². The first kappa shape index (κ1) is 29.5. The highest BCUT2D eigenvalue weighted by atomic mass is 16.5. The van der Waals surface area contributed by atoms with Gasteiger partial charge in [0.2, 0.25) is 12.2 Å². The molecule has 1 rings (SSSR count). The summed E-state index contributed by atoms with van der Waals surface area (Å²) in [5, 5.41) is 8.38. The van der Waals surface area contributed by atoms with Crippen LogP contribution >= 0.6 is 0 Å². The Morgan fingerprint density at radius 2 is 0.971 bits per heavy atom. The lowest BCUT2D eigenvalue weighted by Gasteiger charge is -2.14. The number of rotatable bonds is 20. The van der Waals surface area contributed by atoms with Gasteiger partial charge < -0.3 is 4.74 Å². The van der Waals surface area contributed by atoms with Crippen LogP contribution < -0.4 is 17.1 Å². The molecule has 0 bridgehead atoms. The van der Waals surface area contributed by atoms with Gasteiger partial charge in [-0.1, -0.05) is 19.3 Å². The van der Waals surface area contributed by atoms with Gasteiger partial charge in [-0.05, 0) is 51.4 Å². The maximum Gasteiger partial charge on any atom is 0.336 e. The van der Waals surface area contributed by atoms with Gasteiger partial charge in [0.25, 0.3) is 6.26 Å². The number of isocyanates is 2. The van der Waals surface area contributed by atoms with Gasteiger partial charge in [0, 0.05) is 19.6 Å². The normalized spacial score (nSPS) is 10.3. The molecule has 0 N–H and O–H groups in total. The van der Waals surface area contributed by atoms with E-state index in [1.165, 1.54) is 12.2 Å². The van der Waals surface area contributed by atoms with Crippen molar-refractivity contribution in [3.8, 4) is 6.26 Å². The summed E-state index contributed by atoms with van der Waals surface area (Å²) in [5.74, 6) is 0. The number of aromatic nitrogens is 3. The Balaban J connectivity index is 2.90. The SMILES string of the molecule is N#COCCCCCCn1c(=O)n(CCCCCCN=C=O)c(=O)n(CCCCCN=C=O)c1=O. The van der Waals surface area contributed by atoms with E-state index < -0.39 is 17.1 Å². The van der Waals surface area contributed by atoms with E-state index in [2.05, 4.69) is 14.7 Å². The molecule has 35 heavy (non-hydrogen) atoms. The zero-order valence-corrected chi connectivity index (χ0v) is 20.2. The molecule has 0 aliphatic carbocycles. The van der Waals surface area contributed by atoms with Crippen molar-refractivity contribution in [2.24, 2.45) is 9.98 Å². The number of nitriles is 1. The van der Waals surface area contributed by atoms with Crippen molar-refractivity contribution in [2.45, 2.75) is 90.3 Å². The Morgan fingerprint density at radius 1 is 0.600 bits per heavy atom. The smallest absolute Gasteiger partial charge is 0.336 e. The van der Waals surface area contributed by atoms with Crippen LogP contribution in [0.25, 0.3) is 0 Å². The minimum Gasteiger partial charge on any atom is -0.428 e. The molecule has 0 saturated heterocycles. The molecule has 1 aromatic heterocycles. The molecule has 0 aliphatic rings. The predicted octanol–water partition coefficient (Wildman–Crippen LogP) is 1.63. The van der Waals surface area contributed by atoms with Crippen molar-refractivity contribution in [1.82, 2.24) is 13.7 Å². The topological polar surface area (TPSA) is 158 Å². The summed E-state index contributed by atoms with van der Waals surface area (Å²) in [6, 6.07) is 0. The van der Waals surface area contributed by atoms with Gasteiger partial charge in [-0.15, -0.1) is 0 Å². The van der Waals surface area contributed by atoms with E-state index in [1.54, 1.807) is 6.26 Å². The summed E-state index contributed by atoms with van der Waals surface area (Å²) >= 11 is 0. The third-order valence-corrected chi connectivity index (χ3v) is 5.51. The maximum absolute atomic E-state index is 13.0. The van der Waals surface area contributed by atoms with Crippen molar-refractivity contribution < 1.29 is 14.3 Å². The average Bonchev–Trinajstić information content (AvgIpc) is 2.85. The first-order chi connectivity index (χ1) is 17.1. The Hall–Kier alpha value is -3.54. The predicted molar refractivity (Wildman–Crippen MR) is 128 cm³/mol. The van der Waals surface area contributed by atoms with E-state index in [9.17, 15) is 24.0 Å². The monoisotopic (exact) mass is 490 g/mol. The van der Waals surface area contributed by atoms with Crippen molar-refractivity contribution in [3.63, 3.8) is 0 Å². The van der Waals surface area contributed by atoms with Crippen molar-refractivity contribution >= 4 is 12.2 Å². The second-order valence-electron chi connectivity index (χ2n) is 8.08. The zero-order chi connectivity index (χ0) is 25.7. The van der Waals surface area contributed by atoms with Crippen LogP contribution in [0.2, 0.25) is 0 Å². The van der Waals surface area contributed by atoms with Gasteiger partial charge in [-0.2, -0.15) is 5.26 Å². The third-order valence-electron chi connectivity index (χ3n) is 5.51. The van der Waals surface area contributed by atoms with Crippen LogP contribution in [0.5, 0.6) is 0 Å². The minimum atomic E-state index is -0.610. The molecule has 0 saturated carbocycles. The molecule has 12 heteroatoms. The summed E-state index contributed by atoms with van der Waals surface area (Å²) in [6.07, 6.45) is 12.1. The molecule has 0 radical (unpaired) electrons. The molecular formula is C23H34N6O6. The average molecular weight is 491 g/mol. The Kier molecular flexibility index (Phi) is 15.9. The molecule has 0 amide bonds. The van der Waals surface area contributed by atoms with E-state index >= 15 is 0 Å². The second-order valence-corrected chi connectivity index (χ2v) is 8.08. The number of ether oxygens (including phenoxy) is 1. The van der Waals surface area contributed by atoms with Crippen LogP contribution in [0.3, 0.4) is 0 Å². The lowest BCUT2D eigenvalue weighted by atomic mass is 10.2.